The van der Waals surface area contributed by atoms with Crippen LogP contribution in [0.3, 0.4) is 0 Å². The van der Waals surface area contributed by atoms with Crippen LogP contribution in [0.2, 0.25) is 10.0 Å². The van der Waals surface area contributed by atoms with Gasteiger partial charge in [-0.05, 0) is 12.1 Å². The van der Waals surface area contributed by atoms with E-state index in [1.165, 1.54) is 17.3 Å². The van der Waals surface area contributed by atoms with Gasteiger partial charge in [-0.3, -0.25) is 4.18 Å². The third-order valence-corrected chi connectivity index (χ3v) is 5.52. The zero-order valence-corrected chi connectivity index (χ0v) is 15.5. The van der Waals surface area contributed by atoms with Gasteiger partial charge in [0, 0.05) is 10.6 Å². The summed E-state index contributed by atoms with van der Waals surface area (Å²) in [6, 6.07) is 4.89. The van der Waals surface area contributed by atoms with Gasteiger partial charge < -0.3 is 9.47 Å². The first-order chi connectivity index (χ1) is 11.8. The van der Waals surface area contributed by atoms with Crippen molar-refractivity contribution in [3.05, 3.63) is 46.5 Å². The quantitative estimate of drug-likeness (QED) is 0.674. The first-order valence-electron chi connectivity index (χ1n) is 7.21. The van der Waals surface area contributed by atoms with Gasteiger partial charge in [-0.15, -0.1) is 0 Å². The SMILES string of the molecule is COS(=O)(=O)C[C@@H]1CO[C@@](Cn2cncn2)(c2ccc(Cl)cc2Cl)O1. The zero-order valence-electron chi connectivity index (χ0n) is 13.1. The maximum Gasteiger partial charge on any atom is 0.269 e. The minimum Gasteiger partial charge on any atom is -0.342 e. The van der Waals surface area contributed by atoms with Crippen molar-refractivity contribution in [1.82, 2.24) is 14.8 Å². The van der Waals surface area contributed by atoms with E-state index < -0.39 is 22.0 Å². The van der Waals surface area contributed by atoms with E-state index in [4.69, 9.17) is 32.7 Å². The summed E-state index contributed by atoms with van der Waals surface area (Å²) in [5.41, 5.74) is 0.520. The van der Waals surface area contributed by atoms with Gasteiger partial charge in [0.25, 0.3) is 10.1 Å². The van der Waals surface area contributed by atoms with Crippen molar-refractivity contribution in [2.45, 2.75) is 18.4 Å². The van der Waals surface area contributed by atoms with Crippen LogP contribution in [0.5, 0.6) is 0 Å². The summed E-state index contributed by atoms with van der Waals surface area (Å²) in [6.45, 7) is 0.189. The lowest BCUT2D eigenvalue weighted by molar-refractivity contribution is -0.186. The molecule has 0 bridgehead atoms. The maximum atomic E-state index is 11.7. The number of benzene rings is 1. The van der Waals surface area contributed by atoms with Crippen LogP contribution in [0.4, 0.5) is 0 Å². The van der Waals surface area contributed by atoms with Gasteiger partial charge in [0.15, 0.2) is 0 Å². The van der Waals surface area contributed by atoms with E-state index in [0.717, 1.165) is 7.11 Å². The lowest BCUT2D eigenvalue weighted by Gasteiger charge is -2.29. The molecule has 0 spiro atoms. The highest BCUT2D eigenvalue weighted by molar-refractivity contribution is 7.86. The second-order valence-electron chi connectivity index (χ2n) is 5.41. The Morgan fingerprint density at radius 3 is 2.88 bits per heavy atom. The molecule has 1 aromatic heterocycles. The molecule has 8 nitrogen and oxygen atoms in total. The molecule has 1 saturated heterocycles. The number of hydrogen-bond acceptors (Lipinski definition) is 7. The molecular weight excluding hydrogens is 393 g/mol. The van der Waals surface area contributed by atoms with Crippen molar-refractivity contribution >= 4 is 33.3 Å². The summed E-state index contributed by atoms with van der Waals surface area (Å²) >= 11 is 12.3. The summed E-state index contributed by atoms with van der Waals surface area (Å²) in [5, 5.41) is 4.84. The third-order valence-electron chi connectivity index (χ3n) is 3.68. The topological polar surface area (TPSA) is 92.5 Å². The summed E-state index contributed by atoms with van der Waals surface area (Å²) < 4.78 is 41.2. The molecule has 0 amide bonds. The Labute approximate surface area is 154 Å². The Hall–Kier alpha value is -1.23. The molecule has 0 saturated carbocycles. The van der Waals surface area contributed by atoms with Gasteiger partial charge in [0.1, 0.15) is 31.1 Å². The summed E-state index contributed by atoms with van der Waals surface area (Å²) in [6.07, 6.45) is 2.15. The van der Waals surface area contributed by atoms with E-state index in [-0.39, 0.29) is 18.9 Å². The van der Waals surface area contributed by atoms with Gasteiger partial charge in [-0.1, -0.05) is 29.3 Å². The minimum atomic E-state index is -3.71. The van der Waals surface area contributed by atoms with E-state index in [0.29, 0.717) is 15.6 Å². The van der Waals surface area contributed by atoms with Crippen molar-refractivity contribution in [3.63, 3.8) is 0 Å². The average molecular weight is 408 g/mol. The highest BCUT2D eigenvalue weighted by atomic mass is 35.5. The van der Waals surface area contributed by atoms with Crippen LogP contribution in [-0.2, 0) is 36.1 Å². The number of nitrogens with zero attached hydrogens (tertiary/aromatic N) is 3. The normalized spacial score (nSPS) is 23.9. The van der Waals surface area contributed by atoms with Crippen molar-refractivity contribution in [1.29, 1.82) is 0 Å². The van der Waals surface area contributed by atoms with Crippen molar-refractivity contribution in [3.8, 4) is 0 Å². The molecule has 136 valence electrons. The predicted octanol–water partition coefficient (Wildman–Crippen LogP) is 1.83. The third kappa shape index (κ3) is 4.13. The highest BCUT2D eigenvalue weighted by Gasteiger charge is 2.46. The maximum absolute atomic E-state index is 11.7. The first kappa shape index (κ1) is 18.6. The Morgan fingerprint density at radius 1 is 1.44 bits per heavy atom. The van der Waals surface area contributed by atoms with Crippen LogP contribution in [0, 0.1) is 0 Å². The largest absolute Gasteiger partial charge is 0.342 e. The van der Waals surface area contributed by atoms with Crippen molar-refractivity contribution in [2.75, 3.05) is 19.5 Å². The van der Waals surface area contributed by atoms with E-state index in [1.54, 1.807) is 18.2 Å². The molecule has 25 heavy (non-hydrogen) atoms. The number of ether oxygens (including phenoxy) is 2. The molecule has 0 aliphatic carbocycles. The van der Waals surface area contributed by atoms with Gasteiger partial charge >= 0.3 is 0 Å². The van der Waals surface area contributed by atoms with Crippen LogP contribution >= 0.6 is 23.2 Å². The van der Waals surface area contributed by atoms with Gasteiger partial charge in [-0.2, -0.15) is 13.5 Å². The second-order valence-corrected chi connectivity index (χ2v) is 8.04. The molecule has 1 aliphatic heterocycles. The fourth-order valence-electron chi connectivity index (χ4n) is 2.58. The Morgan fingerprint density at radius 2 is 2.24 bits per heavy atom. The second kappa shape index (κ2) is 7.18. The molecule has 0 unspecified atom stereocenters. The number of rotatable bonds is 6. The monoisotopic (exact) mass is 407 g/mol. The predicted molar refractivity (Wildman–Crippen MR) is 89.8 cm³/mol. The van der Waals surface area contributed by atoms with E-state index in [2.05, 4.69) is 14.3 Å². The van der Waals surface area contributed by atoms with E-state index in [9.17, 15) is 8.42 Å². The molecule has 1 aliphatic rings. The summed E-state index contributed by atoms with van der Waals surface area (Å²) in [7, 11) is -2.61. The molecule has 2 aromatic rings. The fraction of sp³-hybridized carbons (Fsp3) is 0.429. The number of hydrogen-bond donors (Lipinski definition) is 0. The average Bonchev–Trinajstić information content (AvgIpc) is 3.18. The van der Waals surface area contributed by atoms with E-state index >= 15 is 0 Å². The van der Waals surface area contributed by atoms with Crippen LogP contribution < -0.4 is 0 Å². The number of halogens is 2. The van der Waals surface area contributed by atoms with Crippen LogP contribution in [0.1, 0.15) is 5.56 Å². The molecule has 1 fully saturated rings. The minimum absolute atomic E-state index is 0.0518. The Balaban J connectivity index is 1.94. The molecule has 2 heterocycles. The molecule has 0 N–H and O–H groups in total. The molecule has 1 aromatic carbocycles. The summed E-state index contributed by atoms with van der Waals surface area (Å²) in [5.74, 6) is -1.66. The lowest BCUT2D eigenvalue weighted by atomic mass is 10.1. The fourth-order valence-corrected chi connectivity index (χ4v) is 3.89. The van der Waals surface area contributed by atoms with E-state index in [1.807, 2.05) is 0 Å². The zero-order chi connectivity index (χ0) is 18.1. The molecule has 0 radical (unpaired) electrons. The van der Waals surface area contributed by atoms with Gasteiger partial charge in [0.05, 0.1) is 18.7 Å². The van der Waals surface area contributed by atoms with Crippen molar-refractivity contribution in [2.24, 2.45) is 0 Å². The molecule has 11 heteroatoms. The molecule has 3 rings (SSSR count). The first-order valence-corrected chi connectivity index (χ1v) is 9.55. The summed E-state index contributed by atoms with van der Waals surface area (Å²) in [4.78, 5) is 3.89. The smallest absolute Gasteiger partial charge is 0.269 e. The highest BCUT2D eigenvalue weighted by Crippen LogP contribution is 2.40. The number of aromatic nitrogens is 3. The standard InChI is InChI=1S/C14H15Cl2N3O5S/c1-22-25(20,21)6-11-5-23-14(24-11,7-19-9-17-8-18-19)12-3-2-10(15)4-13(12)16/h2-4,8-9,11H,5-7H2,1H3/t11-,14+/m0/s1. The van der Waals surface area contributed by atoms with Crippen molar-refractivity contribution < 1.29 is 22.1 Å². The Kier molecular flexibility index (Phi) is 5.33. The van der Waals surface area contributed by atoms with Gasteiger partial charge in [0.2, 0.25) is 5.79 Å². The molecular formula is C14H15Cl2N3O5S. The Bertz CT molecular complexity index is 846. The van der Waals surface area contributed by atoms with Crippen LogP contribution in [0.25, 0.3) is 0 Å². The van der Waals surface area contributed by atoms with Crippen LogP contribution in [-0.4, -0.2) is 48.8 Å². The molecule has 2 atom stereocenters. The lowest BCUT2D eigenvalue weighted by Crippen LogP contribution is -2.35. The van der Waals surface area contributed by atoms with Gasteiger partial charge in [-0.25, -0.2) is 9.67 Å². The van der Waals surface area contributed by atoms with Crippen LogP contribution in [0.15, 0.2) is 30.9 Å².